The van der Waals surface area contributed by atoms with E-state index in [-0.39, 0.29) is 6.61 Å². The number of benzene rings is 2. The standard InChI is InChI=1S/C18H14ClNO4/c1-22-15-4-2-3-13(9-15)18(21)23-11-16-10-17(20-24-16)12-5-7-14(19)8-6-12/h2-10H,11H2,1H3. The summed E-state index contributed by atoms with van der Waals surface area (Å²) in [6, 6.07) is 15.7. The van der Waals surface area contributed by atoms with Crippen LogP contribution < -0.4 is 4.74 Å². The highest BCUT2D eigenvalue weighted by Crippen LogP contribution is 2.22. The molecule has 1 heterocycles. The van der Waals surface area contributed by atoms with Gasteiger partial charge in [0.2, 0.25) is 0 Å². The average Bonchev–Trinajstić information content (AvgIpc) is 3.09. The molecular formula is C18H14ClNO4. The van der Waals surface area contributed by atoms with E-state index in [1.165, 1.54) is 7.11 Å². The van der Waals surface area contributed by atoms with Gasteiger partial charge in [-0.1, -0.05) is 35.0 Å². The second kappa shape index (κ2) is 7.19. The third-order valence-electron chi connectivity index (χ3n) is 3.35. The molecule has 122 valence electrons. The third-order valence-corrected chi connectivity index (χ3v) is 3.60. The summed E-state index contributed by atoms with van der Waals surface area (Å²) in [5, 5.41) is 4.61. The molecule has 0 fully saturated rings. The lowest BCUT2D eigenvalue weighted by atomic mass is 10.1. The summed E-state index contributed by atoms with van der Waals surface area (Å²) >= 11 is 5.86. The molecule has 0 saturated carbocycles. The summed E-state index contributed by atoms with van der Waals surface area (Å²) in [4.78, 5) is 12.0. The maximum atomic E-state index is 12.0. The largest absolute Gasteiger partial charge is 0.497 e. The number of methoxy groups -OCH3 is 1. The molecular weight excluding hydrogens is 330 g/mol. The zero-order valence-corrected chi connectivity index (χ0v) is 13.6. The van der Waals surface area contributed by atoms with Gasteiger partial charge in [-0.05, 0) is 30.3 Å². The van der Waals surface area contributed by atoms with Crippen molar-refractivity contribution in [3.63, 3.8) is 0 Å². The maximum Gasteiger partial charge on any atom is 0.338 e. The van der Waals surface area contributed by atoms with Crippen LogP contribution in [0.3, 0.4) is 0 Å². The molecule has 0 spiro atoms. The molecule has 0 bridgehead atoms. The van der Waals surface area contributed by atoms with Gasteiger partial charge in [0, 0.05) is 16.7 Å². The van der Waals surface area contributed by atoms with E-state index in [0.29, 0.717) is 27.8 Å². The number of hydrogen-bond acceptors (Lipinski definition) is 5. The second-order valence-electron chi connectivity index (χ2n) is 4.99. The van der Waals surface area contributed by atoms with Crippen molar-refractivity contribution in [1.29, 1.82) is 0 Å². The van der Waals surface area contributed by atoms with E-state index in [0.717, 1.165) is 5.56 Å². The summed E-state index contributed by atoms with van der Waals surface area (Å²) in [6.45, 7) is -0.00334. The molecule has 0 aliphatic heterocycles. The van der Waals surface area contributed by atoms with Crippen molar-refractivity contribution in [1.82, 2.24) is 5.16 Å². The summed E-state index contributed by atoms with van der Waals surface area (Å²) < 4.78 is 15.5. The number of ether oxygens (including phenoxy) is 2. The van der Waals surface area contributed by atoms with Crippen LogP contribution in [0.15, 0.2) is 59.1 Å². The van der Waals surface area contributed by atoms with Crippen molar-refractivity contribution in [2.24, 2.45) is 0 Å². The van der Waals surface area contributed by atoms with Gasteiger partial charge in [0.05, 0.1) is 12.7 Å². The second-order valence-corrected chi connectivity index (χ2v) is 5.43. The smallest absolute Gasteiger partial charge is 0.338 e. The summed E-state index contributed by atoms with van der Waals surface area (Å²) in [5.41, 5.74) is 1.93. The lowest BCUT2D eigenvalue weighted by molar-refractivity contribution is 0.0437. The van der Waals surface area contributed by atoms with Gasteiger partial charge >= 0.3 is 5.97 Å². The Morgan fingerprint density at radius 2 is 1.96 bits per heavy atom. The molecule has 0 atom stereocenters. The molecule has 0 saturated heterocycles. The Balaban J connectivity index is 1.64. The monoisotopic (exact) mass is 343 g/mol. The quantitative estimate of drug-likeness (QED) is 0.644. The highest BCUT2D eigenvalue weighted by molar-refractivity contribution is 6.30. The Morgan fingerprint density at radius 3 is 2.71 bits per heavy atom. The fourth-order valence-corrected chi connectivity index (χ4v) is 2.23. The molecule has 6 heteroatoms. The van der Waals surface area contributed by atoms with Crippen LogP contribution >= 0.6 is 11.6 Å². The summed E-state index contributed by atoms with van der Waals surface area (Å²) in [7, 11) is 1.54. The van der Waals surface area contributed by atoms with Gasteiger partial charge in [-0.3, -0.25) is 0 Å². The molecule has 0 amide bonds. The van der Waals surface area contributed by atoms with Crippen LogP contribution in [0.4, 0.5) is 0 Å². The van der Waals surface area contributed by atoms with E-state index in [1.54, 1.807) is 42.5 Å². The molecule has 5 nitrogen and oxygen atoms in total. The average molecular weight is 344 g/mol. The third kappa shape index (κ3) is 3.75. The van der Waals surface area contributed by atoms with Gasteiger partial charge in [0.15, 0.2) is 12.4 Å². The first-order chi connectivity index (χ1) is 11.7. The van der Waals surface area contributed by atoms with Crippen LogP contribution in [0.1, 0.15) is 16.1 Å². The van der Waals surface area contributed by atoms with Crippen molar-refractivity contribution in [3.05, 3.63) is 70.9 Å². The molecule has 3 aromatic rings. The minimum absolute atomic E-state index is 0.00334. The number of rotatable bonds is 5. The summed E-state index contributed by atoms with van der Waals surface area (Å²) in [6.07, 6.45) is 0. The molecule has 0 N–H and O–H groups in total. The fourth-order valence-electron chi connectivity index (χ4n) is 2.11. The van der Waals surface area contributed by atoms with Crippen LogP contribution in [-0.4, -0.2) is 18.2 Å². The van der Waals surface area contributed by atoms with Gasteiger partial charge in [-0.25, -0.2) is 4.79 Å². The van der Waals surface area contributed by atoms with Gasteiger partial charge in [0.25, 0.3) is 0 Å². The van der Waals surface area contributed by atoms with Crippen molar-refractivity contribution < 1.29 is 18.8 Å². The number of halogens is 1. The lowest BCUT2D eigenvalue weighted by Gasteiger charge is -2.04. The first kappa shape index (κ1) is 16.1. The Kier molecular flexibility index (Phi) is 4.82. The highest BCUT2D eigenvalue weighted by Gasteiger charge is 2.12. The van der Waals surface area contributed by atoms with Gasteiger partial charge in [-0.15, -0.1) is 0 Å². The predicted octanol–water partition coefficient (Wildman–Crippen LogP) is 4.36. The van der Waals surface area contributed by atoms with Gasteiger partial charge in [0.1, 0.15) is 11.4 Å². The van der Waals surface area contributed by atoms with E-state index in [4.69, 9.17) is 25.6 Å². The molecule has 2 aromatic carbocycles. The van der Waals surface area contributed by atoms with Crippen LogP contribution in [0.25, 0.3) is 11.3 Å². The highest BCUT2D eigenvalue weighted by atomic mass is 35.5. The number of aromatic nitrogens is 1. The van der Waals surface area contributed by atoms with Gasteiger partial charge < -0.3 is 14.0 Å². The van der Waals surface area contributed by atoms with Crippen molar-refractivity contribution in [3.8, 4) is 17.0 Å². The topological polar surface area (TPSA) is 61.6 Å². The molecule has 3 rings (SSSR count). The zero-order valence-electron chi connectivity index (χ0n) is 12.9. The fraction of sp³-hybridized carbons (Fsp3) is 0.111. The Bertz CT molecular complexity index is 842. The molecule has 0 aliphatic carbocycles. The number of carbonyl (C=O) groups is 1. The number of carbonyl (C=O) groups excluding carboxylic acids is 1. The number of esters is 1. The van der Waals surface area contributed by atoms with E-state index in [9.17, 15) is 4.79 Å². The molecule has 1 aromatic heterocycles. The maximum absolute atomic E-state index is 12.0. The van der Waals surface area contributed by atoms with Crippen LogP contribution in [0, 0.1) is 0 Å². The van der Waals surface area contributed by atoms with E-state index >= 15 is 0 Å². The van der Waals surface area contributed by atoms with Crippen molar-refractivity contribution in [2.45, 2.75) is 6.61 Å². The van der Waals surface area contributed by atoms with E-state index in [1.807, 2.05) is 12.1 Å². The van der Waals surface area contributed by atoms with Crippen LogP contribution in [-0.2, 0) is 11.3 Å². The van der Waals surface area contributed by atoms with Crippen molar-refractivity contribution in [2.75, 3.05) is 7.11 Å². The Labute approximate surface area is 143 Å². The van der Waals surface area contributed by atoms with Crippen molar-refractivity contribution >= 4 is 17.6 Å². The van der Waals surface area contributed by atoms with Crippen LogP contribution in [0.2, 0.25) is 5.02 Å². The first-order valence-corrected chi connectivity index (χ1v) is 7.56. The Morgan fingerprint density at radius 1 is 1.17 bits per heavy atom. The molecule has 0 radical (unpaired) electrons. The molecule has 0 unspecified atom stereocenters. The minimum Gasteiger partial charge on any atom is -0.497 e. The normalized spacial score (nSPS) is 10.4. The van der Waals surface area contributed by atoms with E-state index < -0.39 is 5.97 Å². The Hall–Kier alpha value is -2.79. The van der Waals surface area contributed by atoms with Crippen LogP contribution in [0.5, 0.6) is 5.75 Å². The predicted molar refractivity (Wildman–Crippen MR) is 89.1 cm³/mol. The lowest BCUT2D eigenvalue weighted by Crippen LogP contribution is -2.04. The zero-order chi connectivity index (χ0) is 16.9. The molecule has 24 heavy (non-hydrogen) atoms. The summed E-state index contributed by atoms with van der Waals surface area (Å²) in [5.74, 6) is 0.587. The van der Waals surface area contributed by atoms with Gasteiger partial charge in [-0.2, -0.15) is 0 Å². The number of nitrogens with zero attached hydrogens (tertiary/aromatic N) is 1. The molecule has 0 aliphatic rings. The SMILES string of the molecule is COc1cccc(C(=O)OCc2cc(-c3ccc(Cl)cc3)no2)c1. The van der Waals surface area contributed by atoms with E-state index in [2.05, 4.69) is 5.16 Å². The number of hydrogen-bond donors (Lipinski definition) is 0. The minimum atomic E-state index is -0.460. The first-order valence-electron chi connectivity index (χ1n) is 7.18.